The Balaban J connectivity index is 2.34. The van der Waals surface area contributed by atoms with E-state index in [1.807, 2.05) is 0 Å². The number of aromatic nitrogens is 1. The molecule has 0 aromatic carbocycles. The molecule has 84 valence electrons. The number of carboxylic acid groups (broad SMARTS) is 1. The summed E-state index contributed by atoms with van der Waals surface area (Å²) in [6.07, 6.45) is -1.35. The van der Waals surface area contributed by atoms with Crippen LogP contribution in [0.3, 0.4) is 0 Å². The average Bonchev–Trinajstić information content (AvgIpc) is 2.26. The molecular formula is C8H8N4O4. The number of hydrogen-bond donors (Lipinski definition) is 3. The van der Waals surface area contributed by atoms with Gasteiger partial charge < -0.3 is 15.2 Å². The van der Waals surface area contributed by atoms with E-state index in [1.165, 1.54) is 12.1 Å². The van der Waals surface area contributed by atoms with Gasteiger partial charge in [0, 0.05) is 0 Å². The Morgan fingerprint density at radius 2 is 2.38 bits per heavy atom. The molecule has 2 heterocycles. The minimum absolute atomic E-state index is 0.00273. The van der Waals surface area contributed by atoms with Gasteiger partial charge in [-0.05, 0) is 12.1 Å². The highest BCUT2D eigenvalue weighted by Gasteiger charge is 2.19. The maximum Gasteiger partial charge on any atom is 0.427 e. The monoisotopic (exact) mass is 224 g/mol. The van der Waals surface area contributed by atoms with Gasteiger partial charge in [-0.2, -0.15) is 5.01 Å². The Labute approximate surface area is 89.6 Å². The molecule has 0 aliphatic carbocycles. The van der Waals surface area contributed by atoms with Gasteiger partial charge in [0.15, 0.2) is 24.0 Å². The van der Waals surface area contributed by atoms with Crippen LogP contribution in [0.15, 0.2) is 12.1 Å². The maximum atomic E-state index is 11.0. The highest BCUT2D eigenvalue weighted by Crippen LogP contribution is 2.27. The Hall–Kier alpha value is -2.35. The number of hydrazine groups is 1. The Bertz CT molecular complexity index is 461. The van der Waals surface area contributed by atoms with Crippen molar-refractivity contribution in [2.75, 3.05) is 16.9 Å². The van der Waals surface area contributed by atoms with Gasteiger partial charge in [-0.15, -0.1) is 0 Å². The third-order valence-corrected chi connectivity index (χ3v) is 1.91. The first-order chi connectivity index (χ1) is 7.58. The molecular weight excluding hydrogens is 216 g/mol. The summed E-state index contributed by atoms with van der Waals surface area (Å²) in [7, 11) is 0. The van der Waals surface area contributed by atoms with Gasteiger partial charge in [-0.25, -0.2) is 15.6 Å². The number of hydrogen-bond acceptors (Lipinski definition) is 5. The number of carbonyl (C=O) groups is 2. The van der Waals surface area contributed by atoms with E-state index in [9.17, 15) is 9.59 Å². The van der Waals surface area contributed by atoms with Crippen molar-refractivity contribution in [1.29, 1.82) is 0 Å². The Morgan fingerprint density at radius 1 is 1.62 bits per heavy atom. The molecule has 1 aliphatic rings. The standard InChI is InChI=1S/C8H8N4O4/c9-12(8(14)15)5-2-1-4-7(10-5)11-6(13)3-16-4/h1-2H,3,9H2,(H,14,15)(H,10,11,13). The fourth-order valence-corrected chi connectivity index (χ4v) is 1.19. The molecule has 2 amide bonds. The zero-order chi connectivity index (χ0) is 11.7. The summed E-state index contributed by atoms with van der Waals surface area (Å²) >= 11 is 0. The number of rotatable bonds is 1. The molecule has 8 heteroatoms. The third-order valence-electron chi connectivity index (χ3n) is 1.91. The predicted octanol–water partition coefficient (Wildman–Crippen LogP) is -0.229. The molecule has 1 aromatic heterocycles. The van der Waals surface area contributed by atoms with E-state index < -0.39 is 6.09 Å². The van der Waals surface area contributed by atoms with Gasteiger partial charge >= 0.3 is 6.09 Å². The van der Waals surface area contributed by atoms with Crippen LogP contribution in [0.5, 0.6) is 5.75 Å². The van der Waals surface area contributed by atoms with Crippen LogP contribution in [0.1, 0.15) is 0 Å². The number of ether oxygens (including phenoxy) is 1. The second kappa shape index (κ2) is 3.66. The number of carbonyl (C=O) groups excluding carboxylic acids is 1. The van der Waals surface area contributed by atoms with Gasteiger partial charge in [0.2, 0.25) is 0 Å². The van der Waals surface area contributed by atoms with Crippen LogP contribution in [0.2, 0.25) is 0 Å². The molecule has 0 atom stereocenters. The minimum Gasteiger partial charge on any atom is -0.480 e. The van der Waals surface area contributed by atoms with Crippen molar-refractivity contribution in [3.63, 3.8) is 0 Å². The van der Waals surface area contributed by atoms with E-state index in [2.05, 4.69) is 10.3 Å². The predicted molar refractivity (Wildman–Crippen MR) is 53.1 cm³/mol. The summed E-state index contributed by atoms with van der Waals surface area (Å²) in [5, 5.41) is 11.5. The third kappa shape index (κ3) is 1.73. The fraction of sp³-hybridized carbons (Fsp3) is 0.125. The zero-order valence-corrected chi connectivity index (χ0v) is 8.01. The first-order valence-corrected chi connectivity index (χ1v) is 4.29. The summed E-state index contributed by atoms with van der Waals surface area (Å²) in [5.41, 5.74) is 0. The number of nitrogens with one attached hydrogen (secondary N) is 1. The smallest absolute Gasteiger partial charge is 0.427 e. The van der Waals surface area contributed by atoms with Crippen molar-refractivity contribution in [2.45, 2.75) is 0 Å². The van der Waals surface area contributed by atoms with Crippen LogP contribution >= 0.6 is 0 Å². The Morgan fingerprint density at radius 3 is 3.06 bits per heavy atom. The second-order valence-corrected chi connectivity index (χ2v) is 3.01. The highest BCUT2D eigenvalue weighted by molar-refractivity contribution is 5.94. The number of amides is 2. The van der Waals surface area contributed by atoms with Gasteiger partial charge in [0.1, 0.15) is 0 Å². The van der Waals surface area contributed by atoms with Gasteiger partial charge in [-0.1, -0.05) is 0 Å². The highest BCUT2D eigenvalue weighted by atomic mass is 16.5. The molecule has 0 bridgehead atoms. The Kier molecular flexibility index (Phi) is 2.33. The van der Waals surface area contributed by atoms with Crippen LogP contribution in [-0.2, 0) is 4.79 Å². The number of pyridine rings is 1. The molecule has 0 spiro atoms. The van der Waals surface area contributed by atoms with Crippen molar-refractivity contribution >= 4 is 23.6 Å². The van der Waals surface area contributed by atoms with Crippen molar-refractivity contribution in [3.05, 3.63) is 12.1 Å². The number of nitrogens with zero attached hydrogens (tertiary/aromatic N) is 2. The molecule has 0 saturated heterocycles. The van der Waals surface area contributed by atoms with Crippen LogP contribution < -0.4 is 20.9 Å². The molecule has 0 radical (unpaired) electrons. The SMILES string of the molecule is NN(C(=O)O)c1ccc2c(n1)NC(=O)CO2. The van der Waals surface area contributed by atoms with E-state index in [-0.39, 0.29) is 24.1 Å². The summed E-state index contributed by atoms with van der Waals surface area (Å²) in [6, 6.07) is 2.87. The van der Waals surface area contributed by atoms with Gasteiger partial charge in [-0.3, -0.25) is 4.79 Å². The lowest BCUT2D eigenvalue weighted by atomic mass is 10.3. The van der Waals surface area contributed by atoms with E-state index in [4.69, 9.17) is 15.7 Å². The quantitative estimate of drug-likeness (QED) is 0.344. The minimum atomic E-state index is -1.35. The lowest BCUT2D eigenvalue weighted by Gasteiger charge is -2.19. The van der Waals surface area contributed by atoms with E-state index in [0.29, 0.717) is 10.8 Å². The summed E-state index contributed by atoms with van der Waals surface area (Å²) in [4.78, 5) is 25.4. The van der Waals surface area contributed by atoms with E-state index >= 15 is 0 Å². The topological polar surface area (TPSA) is 118 Å². The maximum absolute atomic E-state index is 11.0. The zero-order valence-electron chi connectivity index (χ0n) is 8.01. The molecule has 4 N–H and O–H groups in total. The van der Waals surface area contributed by atoms with Crippen LogP contribution in [0.25, 0.3) is 0 Å². The van der Waals surface area contributed by atoms with Crippen molar-refractivity contribution in [2.24, 2.45) is 5.84 Å². The lowest BCUT2D eigenvalue weighted by molar-refractivity contribution is -0.118. The van der Waals surface area contributed by atoms with Gasteiger partial charge in [0.05, 0.1) is 0 Å². The fourth-order valence-electron chi connectivity index (χ4n) is 1.19. The van der Waals surface area contributed by atoms with Crippen LogP contribution in [-0.4, -0.2) is 28.7 Å². The molecule has 16 heavy (non-hydrogen) atoms. The van der Waals surface area contributed by atoms with Crippen molar-refractivity contribution in [3.8, 4) is 5.75 Å². The summed E-state index contributed by atoms with van der Waals surface area (Å²) in [6.45, 7) is -0.0840. The number of fused-ring (bicyclic) bond motifs is 1. The van der Waals surface area contributed by atoms with Crippen LogP contribution in [0.4, 0.5) is 16.4 Å². The molecule has 1 aromatic rings. The second-order valence-electron chi connectivity index (χ2n) is 3.01. The average molecular weight is 224 g/mol. The number of anilines is 2. The first-order valence-electron chi connectivity index (χ1n) is 4.29. The van der Waals surface area contributed by atoms with E-state index in [0.717, 1.165) is 0 Å². The van der Waals surface area contributed by atoms with Crippen molar-refractivity contribution < 1.29 is 19.4 Å². The van der Waals surface area contributed by atoms with Gasteiger partial charge in [0.25, 0.3) is 5.91 Å². The lowest BCUT2D eigenvalue weighted by Crippen LogP contribution is -2.37. The molecule has 1 aliphatic heterocycles. The van der Waals surface area contributed by atoms with E-state index in [1.54, 1.807) is 0 Å². The molecule has 0 saturated carbocycles. The molecule has 0 unspecified atom stereocenters. The summed E-state index contributed by atoms with van der Waals surface area (Å²) < 4.78 is 5.05. The molecule has 8 nitrogen and oxygen atoms in total. The first kappa shape index (κ1) is 10.2. The molecule has 0 fully saturated rings. The summed E-state index contributed by atoms with van der Waals surface area (Å²) in [5.74, 6) is 5.40. The van der Waals surface area contributed by atoms with Crippen molar-refractivity contribution in [1.82, 2.24) is 4.98 Å². The largest absolute Gasteiger partial charge is 0.480 e. The molecule has 2 rings (SSSR count). The number of nitrogens with two attached hydrogens (primary N) is 1. The van der Waals surface area contributed by atoms with Crippen LogP contribution in [0, 0.1) is 0 Å². The normalized spacial score (nSPS) is 13.4.